The first-order valence-electron chi connectivity index (χ1n) is 10.6. The van der Waals surface area contributed by atoms with Gasteiger partial charge in [-0.1, -0.05) is 54.6 Å². The number of likely N-dealkylation sites (N-methyl/N-ethyl adjacent to an activating group) is 1. The van der Waals surface area contributed by atoms with Crippen molar-refractivity contribution in [3.8, 4) is 11.5 Å². The van der Waals surface area contributed by atoms with Crippen molar-refractivity contribution < 1.29 is 19.1 Å². The lowest BCUT2D eigenvalue weighted by Gasteiger charge is -2.26. The van der Waals surface area contributed by atoms with Gasteiger partial charge in [-0.05, 0) is 35.4 Å². The lowest BCUT2D eigenvalue weighted by molar-refractivity contribution is -0.132. The van der Waals surface area contributed by atoms with Gasteiger partial charge < -0.3 is 19.7 Å². The van der Waals surface area contributed by atoms with Crippen molar-refractivity contribution in [1.29, 1.82) is 0 Å². The van der Waals surface area contributed by atoms with E-state index in [1.165, 1.54) is 0 Å². The number of nitrogens with one attached hydrogen (secondary N) is 1. The molecule has 0 saturated carbocycles. The Morgan fingerprint density at radius 1 is 0.875 bits per heavy atom. The Hall–Kier alpha value is -3.80. The molecule has 164 valence electrons. The molecule has 0 saturated heterocycles. The molecule has 3 aromatic rings. The Balaban J connectivity index is 1.50. The van der Waals surface area contributed by atoms with Gasteiger partial charge in [-0.25, -0.2) is 0 Å². The number of ether oxygens (including phenoxy) is 2. The van der Waals surface area contributed by atoms with E-state index in [0.717, 1.165) is 11.1 Å². The van der Waals surface area contributed by atoms with Gasteiger partial charge in [0, 0.05) is 25.6 Å². The number of benzene rings is 3. The number of rotatable bonds is 7. The molecule has 0 aliphatic carbocycles. The van der Waals surface area contributed by atoms with Crippen molar-refractivity contribution in [2.24, 2.45) is 0 Å². The van der Waals surface area contributed by atoms with E-state index in [4.69, 9.17) is 9.47 Å². The smallest absolute Gasteiger partial charge is 0.251 e. The molecule has 1 N–H and O–H groups in total. The second kappa shape index (κ2) is 10.0. The van der Waals surface area contributed by atoms with Crippen LogP contribution in [0.3, 0.4) is 0 Å². The molecule has 1 aliphatic heterocycles. The highest BCUT2D eigenvalue weighted by atomic mass is 16.6. The molecule has 0 aromatic heterocycles. The number of hydrogen-bond acceptors (Lipinski definition) is 4. The maximum absolute atomic E-state index is 13.4. The fraction of sp³-hybridized carbons (Fsp3) is 0.231. The first-order valence-corrected chi connectivity index (χ1v) is 10.6. The van der Waals surface area contributed by atoms with Gasteiger partial charge in [0.25, 0.3) is 5.91 Å². The third kappa shape index (κ3) is 5.27. The molecule has 0 bridgehead atoms. The second-order valence-corrected chi connectivity index (χ2v) is 7.75. The summed E-state index contributed by atoms with van der Waals surface area (Å²) in [5.41, 5.74) is 2.43. The Labute approximate surface area is 187 Å². The fourth-order valence-electron chi connectivity index (χ4n) is 3.68. The number of fused-ring (bicyclic) bond motifs is 1. The normalized spacial score (nSPS) is 13.2. The molecule has 6 nitrogen and oxygen atoms in total. The van der Waals surface area contributed by atoms with E-state index >= 15 is 0 Å². The summed E-state index contributed by atoms with van der Waals surface area (Å²) in [5.74, 6) is 0.972. The second-order valence-electron chi connectivity index (χ2n) is 7.75. The third-order valence-electron chi connectivity index (χ3n) is 5.32. The molecular weight excluding hydrogens is 404 g/mol. The number of carbonyl (C=O) groups excluding carboxylic acids is 2. The largest absolute Gasteiger partial charge is 0.486 e. The van der Waals surface area contributed by atoms with E-state index in [2.05, 4.69) is 5.32 Å². The maximum atomic E-state index is 13.4. The van der Waals surface area contributed by atoms with Crippen LogP contribution in [0.2, 0.25) is 0 Å². The molecule has 3 aromatic carbocycles. The first-order chi connectivity index (χ1) is 15.6. The summed E-state index contributed by atoms with van der Waals surface area (Å²) in [5, 5.41) is 2.92. The number of hydrogen-bond donors (Lipinski definition) is 1. The zero-order valence-corrected chi connectivity index (χ0v) is 18.0. The summed E-state index contributed by atoms with van der Waals surface area (Å²) in [7, 11) is 1.74. The molecule has 1 aliphatic rings. The van der Waals surface area contributed by atoms with E-state index in [-0.39, 0.29) is 11.8 Å². The van der Waals surface area contributed by atoms with Crippen LogP contribution < -0.4 is 14.8 Å². The summed E-state index contributed by atoms with van der Waals surface area (Å²) in [6.07, 6.45) is 0.406. The third-order valence-corrected chi connectivity index (χ3v) is 5.32. The van der Waals surface area contributed by atoms with Crippen LogP contribution in [0.25, 0.3) is 0 Å². The maximum Gasteiger partial charge on any atom is 0.251 e. The molecule has 1 heterocycles. The van der Waals surface area contributed by atoms with Crippen LogP contribution in [0.15, 0.2) is 78.9 Å². The summed E-state index contributed by atoms with van der Waals surface area (Å²) in [6.45, 7) is 1.44. The van der Waals surface area contributed by atoms with E-state index in [1.54, 1.807) is 36.2 Å². The van der Waals surface area contributed by atoms with Crippen LogP contribution in [-0.4, -0.2) is 43.0 Å². The van der Waals surface area contributed by atoms with E-state index < -0.39 is 6.04 Å². The fourth-order valence-corrected chi connectivity index (χ4v) is 3.68. The highest BCUT2D eigenvalue weighted by Crippen LogP contribution is 2.31. The Morgan fingerprint density at radius 3 is 2.25 bits per heavy atom. The topological polar surface area (TPSA) is 67.9 Å². The van der Waals surface area contributed by atoms with Gasteiger partial charge in [0.1, 0.15) is 19.3 Å². The van der Waals surface area contributed by atoms with Gasteiger partial charge in [0.15, 0.2) is 11.5 Å². The molecule has 1 atom stereocenters. The average Bonchev–Trinajstić information content (AvgIpc) is 2.84. The zero-order chi connectivity index (χ0) is 22.3. The van der Waals surface area contributed by atoms with Crippen molar-refractivity contribution in [2.45, 2.75) is 19.0 Å². The predicted octanol–water partition coefficient (Wildman–Crippen LogP) is 3.46. The van der Waals surface area contributed by atoms with Gasteiger partial charge in [-0.2, -0.15) is 0 Å². The predicted molar refractivity (Wildman–Crippen MR) is 122 cm³/mol. The van der Waals surface area contributed by atoms with Gasteiger partial charge in [0.2, 0.25) is 5.91 Å². The minimum atomic E-state index is -0.688. The number of carbonyl (C=O) groups is 2. The Bertz CT molecular complexity index is 1070. The molecule has 0 fully saturated rings. The molecule has 4 rings (SSSR count). The van der Waals surface area contributed by atoms with Gasteiger partial charge in [-0.3, -0.25) is 9.59 Å². The highest BCUT2D eigenvalue weighted by Gasteiger charge is 2.25. The van der Waals surface area contributed by atoms with Gasteiger partial charge in [-0.15, -0.1) is 0 Å². The molecule has 32 heavy (non-hydrogen) atoms. The van der Waals surface area contributed by atoms with Crippen molar-refractivity contribution in [2.75, 3.05) is 20.3 Å². The van der Waals surface area contributed by atoms with Crippen molar-refractivity contribution >= 4 is 11.8 Å². The molecule has 6 heteroatoms. The summed E-state index contributed by atoms with van der Waals surface area (Å²) >= 11 is 0. The van der Waals surface area contributed by atoms with Crippen LogP contribution in [0.1, 0.15) is 21.5 Å². The van der Waals surface area contributed by atoms with Crippen molar-refractivity contribution in [3.63, 3.8) is 0 Å². The minimum Gasteiger partial charge on any atom is -0.486 e. The molecule has 1 unspecified atom stereocenters. The van der Waals surface area contributed by atoms with E-state index in [0.29, 0.717) is 43.2 Å². The van der Waals surface area contributed by atoms with Crippen LogP contribution in [-0.2, 0) is 17.8 Å². The van der Waals surface area contributed by atoms with Crippen LogP contribution >= 0.6 is 0 Å². The number of amides is 2. The average molecular weight is 431 g/mol. The molecule has 0 radical (unpaired) electrons. The molecule has 2 amide bonds. The number of nitrogens with zero attached hydrogens (tertiary/aromatic N) is 1. The SMILES string of the molecule is CN(Cc1ccc2c(c1)OCCO2)C(=O)C(Cc1ccccc1)NC(=O)c1ccccc1. The monoisotopic (exact) mass is 430 g/mol. The minimum absolute atomic E-state index is 0.159. The molecule has 0 spiro atoms. The summed E-state index contributed by atoms with van der Waals surface area (Å²) in [6, 6.07) is 23.6. The Morgan fingerprint density at radius 2 is 1.53 bits per heavy atom. The van der Waals surface area contributed by atoms with Crippen LogP contribution in [0.4, 0.5) is 0 Å². The lowest BCUT2D eigenvalue weighted by atomic mass is 10.0. The van der Waals surface area contributed by atoms with E-state index in [1.807, 2.05) is 54.6 Å². The zero-order valence-electron chi connectivity index (χ0n) is 18.0. The summed E-state index contributed by atoms with van der Waals surface area (Å²) < 4.78 is 11.2. The molecular formula is C26H26N2O4. The van der Waals surface area contributed by atoms with Crippen LogP contribution in [0.5, 0.6) is 11.5 Å². The summed E-state index contributed by atoms with van der Waals surface area (Å²) in [4.78, 5) is 27.8. The highest BCUT2D eigenvalue weighted by molar-refractivity contribution is 5.97. The van der Waals surface area contributed by atoms with Gasteiger partial charge >= 0.3 is 0 Å². The lowest BCUT2D eigenvalue weighted by Crippen LogP contribution is -2.48. The van der Waals surface area contributed by atoms with Gasteiger partial charge in [0.05, 0.1) is 0 Å². The quantitative estimate of drug-likeness (QED) is 0.623. The van der Waals surface area contributed by atoms with Crippen LogP contribution in [0, 0.1) is 0 Å². The first kappa shape index (κ1) is 21.4. The standard InChI is InChI=1S/C26H26N2O4/c1-28(18-20-12-13-23-24(17-20)32-15-14-31-23)26(30)22(16-19-8-4-2-5-9-19)27-25(29)21-10-6-3-7-11-21/h2-13,17,22H,14-16,18H2,1H3,(H,27,29). The van der Waals surface area contributed by atoms with Crippen molar-refractivity contribution in [1.82, 2.24) is 10.2 Å². The van der Waals surface area contributed by atoms with E-state index in [9.17, 15) is 9.59 Å². The van der Waals surface area contributed by atoms with Crippen molar-refractivity contribution in [3.05, 3.63) is 95.6 Å². The Kier molecular flexibility index (Phi) is 6.70.